The third-order valence-corrected chi connectivity index (χ3v) is 2.31. The van der Waals surface area contributed by atoms with Crippen molar-refractivity contribution in [1.29, 1.82) is 0 Å². The Hall–Kier alpha value is -1.69. The zero-order valence-electron chi connectivity index (χ0n) is 10.3. The minimum Gasteiger partial charge on any atom is -0.463 e. The van der Waals surface area contributed by atoms with Crippen LogP contribution in [-0.4, -0.2) is 43.1 Å². The molecule has 0 saturated carbocycles. The minimum atomic E-state index is -0.607. The SMILES string of the molecule is CC(=O)OCC1OC(CC=O)C=CC1OC(C)=O. The molecule has 0 aromatic rings. The summed E-state index contributed by atoms with van der Waals surface area (Å²) in [6.07, 6.45) is 2.68. The summed E-state index contributed by atoms with van der Waals surface area (Å²) in [5.41, 5.74) is 0. The van der Waals surface area contributed by atoms with E-state index in [4.69, 9.17) is 14.2 Å². The molecule has 0 bridgehead atoms. The molecule has 0 N–H and O–H groups in total. The first-order valence-electron chi connectivity index (χ1n) is 5.61. The normalized spacial score (nSPS) is 26.4. The molecule has 3 unspecified atom stereocenters. The van der Waals surface area contributed by atoms with Crippen molar-refractivity contribution in [3.8, 4) is 0 Å². The first-order chi connectivity index (χ1) is 8.52. The largest absolute Gasteiger partial charge is 0.463 e. The lowest BCUT2D eigenvalue weighted by Gasteiger charge is -2.30. The van der Waals surface area contributed by atoms with Crippen LogP contribution in [0.15, 0.2) is 12.2 Å². The Morgan fingerprint density at radius 2 is 2.00 bits per heavy atom. The van der Waals surface area contributed by atoms with Crippen molar-refractivity contribution in [3.05, 3.63) is 12.2 Å². The molecule has 0 fully saturated rings. The molecule has 1 aliphatic rings. The van der Waals surface area contributed by atoms with Crippen molar-refractivity contribution in [1.82, 2.24) is 0 Å². The van der Waals surface area contributed by atoms with Crippen LogP contribution >= 0.6 is 0 Å². The predicted octanol–water partition coefficient (Wildman–Crippen LogP) is 0.394. The number of ether oxygens (including phenoxy) is 3. The zero-order valence-corrected chi connectivity index (χ0v) is 10.3. The summed E-state index contributed by atoms with van der Waals surface area (Å²) >= 11 is 0. The Kier molecular flexibility index (Phi) is 5.51. The third kappa shape index (κ3) is 4.67. The van der Waals surface area contributed by atoms with Gasteiger partial charge in [-0.05, 0) is 6.08 Å². The molecule has 6 nitrogen and oxygen atoms in total. The summed E-state index contributed by atoms with van der Waals surface area (Å²) in [4.78, 5) is 32.1. The molecule has 1 rings (SSSR count). The second-order valence-electron chi connectivity index (χ2n) is 3.88. The number of esters is 2. The summed E-state index contributed by atoms with van der Waals surface area (Å²) in [6, 6.07) is 0. The Morgan fingerprint density at radius 3 is 2.56 bits per heavy atom. The summed E-state index contributed by atoms with van der Waals surface area (Å²) in [5, 5.41) is 0. The summed E-state index contributed by atoms with van der Waals surface area (Å²) < 4.78 is 15.4. The average molecular weight is 256 g/mol. The summed E-state index contributed by atoms with van der Waals surface area (Å²) in [5.74, 6) is -0.892. The monoisotopic (exact) mass is 256 g/mol. The second kappa shape index (κ2) is 6.90. The number of hydrogen-bond donors (Lipinski definition) is 0. The smallest absolute Gasteiger partial charge is 0.303 e. The highest BCUT2D eigenvalue weighted by Gasteiger charge is 2.30. The molecule has 0 aromatic heterocycles. The van der Waals surface area contributed by atoms with Gasteiger partial charge >= 0.3 is 11.9 Å². The van der Waals surface area contributed by atoms with Crippen LogP contribution in [0.25, 0.3) is 0 Å². The molecule has 3 atom stereocenters. The fourth-order valence-corrected chi connectivity index (χ4v) is 1.57. The van der Waals surface area contributed by atoms with Crippen LogP contribution in [0, 0.1) is 0 Å². The Labute approximate surface area is 105 Å². The lowest BCUT2D eigenvalue weighted by atomic mass is 10.1. The molecule has 0 aromatic carbocycles. The molecule has 1 aliphatic heterocycles. The maximum atomic E-state index is 10.9. The van der Waals surface area contributed by atoms with Crippen molar-refractivity contribution in [3.63, 3.8) is 0 Å². The van der Waals surface area contributed by atoms with Crippen LogP contribution < -0.4 is 0 Å². The van der Waals surface area contributed by atoms with Crippen molar-refractivity contribution in [2.75, 3.05) is 6.61 Å². The first-order valence-corrected chi connectivity index (χ1v) is 5.61. The van der Waals surface area contributed by atoms with Gasteiger partial charge in [0.2, 0.25) is 0 Å². The van der Waals surface area contributed by atoms with Gasteiger partial charge in [-0.1, -0.05) is 6.08 Å². The van der Waals surface area contributed by atoms with Crippen LogP contribution in [0.5, 0.6) is 0 Å². The topological polar surface area (TPSA) is 78.9 Å². The van der Waals surface area contributed by atoms with Gasteiger partial charge in [-0.15, -0.1) is 0 Å². The molecule has 0 aliphatic carbocycles. The Morgan fingerprint density at radius 1 is 1.28 bits per heavy atom. The fourth-order valence-electron chi connectivity index (χ4n) is 1.57. The van der Waals surface area contributed by atoms with Gasteiger partial charge in [0.15, 0.2) is 0 Å². The van der Waals surface area contributed by atoms with E-state index in [1.807, 2.05) is 0 Å². The Balaban J connectivity index is 2.65. The van der Waals surface area contributed by atoms with Crippen molar-refractivity contribution in [2.24, 2.45) is 0 Å². The van der Waals surface area contributed by atoms with Crippen LogP contribution in [0.4, 0.5) is 0 Å². The van der Waals surface area contributed by atoms with Gasteiger partial charge in [-0.2, -0.15) is 0 Å². The molecule has 1 heterocycles. The molecular weight excluding hydrogens is 240 g/mol. The molecule has 0 radical (unpaired) electrons. The van der Waals surface area contributed by atoms with Gasteiger partial charge in [-0.3, -0.25) is 9.59 Å². The second-order valence-corrected chi connectivity index (χ2v) is 3.88. The van der Waals surface area contributed by atoms with E-state index in [9.17, 15) is 14.4 Å². The highest BCUT2D eigenvalue weighted by molar-refractivity contribution is 5.67. The van der Waals surface area contributed by atoms with Gasteiger partial charge in [0, 0.05) is 20.3 Å². The van der Waals surface area contributed by atoms with Crippen LogP contribution in [0.2, 0.25) is 0 Å². The molecule has 100 valence electrons. The quantitative estimate of drug-likeness (QED) is 0.402. The molecule has 0 spiro atoms. The standard InChI is InChI=1S/C12H16O6/c1-8(14)16-7-12-11(17-9(2)15)4-3-10(18-12)5-6-13/h3-4,6,10-12H,5,7H2,1-2H3. The third-order valence-electron chi connectivity index (χ3n) is 2.31. The number of carbonyl (C=O) groups is 3. The van der Waals surface area contributed by atoms with Gasteiger partial charge in [0.05, 0.1) is 6.10 Å². The lowest BCUT2D eigenvalue weighted by molar-refractivity contribution is -0.163. The average Bonchev–Trinajstić information content (AvgIpc) is 2.28. The van der Waals surface area contributed by atoms with Crippen molar-refractivity contribution in [2.45, 2.75) is 38.6 Å². The summed E-state index contributed by atoms with van der Waals surface area (Å²) in [6.45, 7) is 2.55. The van der Waals surface area contributed by atoms with Crippen molar-refractivity contribution < 1.29 is 28.6 Å². The van der Waals surface area contributed by atoms with E-state index in [-0.39, 0.29) is 19.1 Å². The van der Waals surface area contributed by atoms with E-state index in [1.165, 1.54) is 13.8 Å². The lowest BCUT2D eigenvalue weighted by Crippen LogP contribution is -2.41. The van der Waals surface area contributed by atoms with Crippen LogP contribution in [-0.2, 0) is 28.6 Å². The summed E-state index contributed by atoms with van der Waals surface area (Å²) in [7, 11) is 0. The molecule has 18 heavy (non-hydrogen) atoms. The van der Waals surface area contributed by atoms with Crippen LogP contribution in [0.3, 0.4) is 0 Å². The van der Waals surface area contributed by atoms with Gasteiger partial charge in [0.1, 0.15) is 25.1 Å². The van der Waals surface area contributed by atoms with E-state index in [0.29, 0.717) is 0 Å². The van der Waals surface area contributed by atoms with E-state index >= 15 is 0 Å². The minimum absolute atomic E-state index is 0.0209. The fraction of sp³-hybridized carbons (Fsp3) is 0.583. The first kappa shape index (κ1) is 14.4. The molecule has 0 saturated heterocycles. The van der Waals surface area contributed by atoms with E-state index < -0.39 is 24.1 Å². The van der Waals surface area contributed by atoms with E-state index in [0.717, 1.165) is 6.29 Å². The number of rotatable bonds is 5. The number of carbonyl (C=O) groups excluding carboxylic acids is 3. The highest BCUT2D eigenvalue weighted by Crippen LogP contribution is 2.18. The van der Waals surface area contributed by atoms with Gasteiger partial charge in [-0.25, -0.2) is 0 Å². The highest BCUT2D eigenvalue weighted by atomic mass is 16.6. The van der Waals surface area contributed by atoms with E-state index in [2.05, 4.69) is 0 Å². The maximum absolute atomic E-state index is 10.9. The number of aldehydes is 1. The maximum Gasteiger partial charge on any atom is 0.303 e. The predicted molar refractivity (Wildman–Crippen MR) is 60.7 cm³/mol. The van der Waals surface area contributed by atoms with E-state index in [1.54, 1.807) is 12.2 Å². The Bertz CT molecular complexity index is 348. The van der Waals surface area contributed by atoms with Gasteiger partial charge in [0.25, 0.3) is 0 Å². The van der Waals surface area contributed by atoms with Gasteiger partial charge < -0.3 is 19.0 Å². The molecular formula is C12H16O6. The number of hydrogen-bond acceptors (Lipinski definition) is 6. The van der Waals surface area contributed by atoms with Crippen molar-refractivity contribution >= 4 is 18.2 Å². The zero-order chi connectivity index (χ0) is 13.5. The molecule has 6 heteroatoms. The molecule has 0 amide bonds. The van der Waals surface area contributed by atoms with Crippen LogP contribution in [0.1, 0.15) is 20.3 Å².